The number of nitrogens with zero attached hydrogens (tertiary/aromatic N) is 5. The van der Waals surface area contributed by atoms with Crippen molar-refractivity contribution >= 4 is 23.4 Å². The molecule has 0 N–H and O–H groups in total. The summed E-state index contributed by atoms with van der Waals surface area (Å²) in [4.78, 5) is 13.3. The van der Waals surface area contributed by atoms with Gasteiger partial charge < -0.3 is 19.4 Å². The normalized spacial score (nSPS) is 23.0. The van der Waals surface area contributed by atoms with Gasteiger partial charge in [-0.2, -0.15) is 13.2 Å². The highest BCUT2D eigenvalue weighted by molar-refractivity contribution is 5.84. The number of likely N-dealkylation sites (tertiary alicyclic amines) is 1. The number of para-hydroxylation sites is 1. The fraction of sp³-hybridized carbons (Fsp3) is 0.486. The lowest BCUT2D eigenvalue weighted by Gasteiger charge is -2.49. The van der Waals surface area contributed by atoms with Crippen molar-refractivity contribution < 1.29 is 37.9 Å². The maximum atomic E-state index is 16.0. The third kappa shape index (κ3) is 7.07. The molecule has 4 aliphatic rings. The molecule has 4 heterocycles. The van der Waals surface area contributed by atoms with Crippen LogP contribution >= 0.6 is 0 Å². The Morgan fingerprint density at radius 2 is 1.72 bits per heavy atom. The second kappa shape index (κ2) is 12.3. The van der Waals surface area contributed by atoms with E-state index >= 15 is 17.6 Å². The van der Waals surface area contributed by atoms with E-state index in [-0.39, 0.29) is 41.3 Å². The van der Waals surface area contributed by atoms with Gasteiger partial charge in [-0.3, -0.25) is 4.98 Å². The molecule has 2 aromatic carbocycles. The fourth-order valence-electron chi connectivity index (χ4n) is 6.99. The standard InChI is InChI=1S/C35H37F6N5O/c36-27(28-18-42-19-30(43-28)46-22-34(37,38)23-46)17-25-9-10-29(47-26-5-2-1-3-6-26)31(35(39,40)41)32(25)45-14-4-11-33(21-45)12-15-44(16-13-33)20-24-7-8-24/h1-3,5-6,9-10,17-19,24H,4,7-8,11-16,20-23H2/b27-17-/i1D,2D,3D,5D,6D. The number of benzene rings is 2. The summed E-state index contributed by atoms with van der Waals surface area (Å²) in [7, 11) is 0. The van der Waals surface area contributed by atoms with Crippen molar-refractivity contribution in [3.8, 4) is 11.5 Å². The van der Waals surface area contributed by atoms with E-state index in [4.69, 9.17) is 11.6 Å². The van der Waals surface area contributed by atoms with Gasteiger partial charge >= 0.3 is 6.18 Å². The molecule has 12 heteroatoms. The summed E-state index contributed by atoms with van der Waals surface area (Å²) in [5, 5.41) is 0. The van der Waals surface area contributed by atoms with E-state index < -0.39 is 78.3 Å². The lowest BCUT2D eigenvalue weighted by molar-refractivity contribution is -0.138. The summed E-state index contributed by atoms with van der Waals surface area (Å²) in [6.45, 7) is 1.90. The smallest absolute Gasteiger partial charge is 0.422 e. The van der Waals surface area contributed by atoms with Crippen LogP contribution in [-0.4, -0.2) is 66.6 Å². The van der Waals surface area contributed by atoms with Crippen molar-refractivity contribution in [3.05, 3.63) is 71.6 Å². The van der Waals surface area contributed by atoms with Crippen LogP contribution in [0.3, 0.4) is 0 Å². The molecule has 7 rings (SSSR count). The van der Waals surface area contributed by atoms with Gasteiger partial charge in [-0.05, 0) is 93.2 Å². The number of halogens is 6. The predicted octanol–water partition coefficient (Wildman–Crippen LogP) is 8.30. The van der Waals surface area contributed by atoms with Gasteiger partial charge in [0.25, 0.3) is 5.92 Å². The summed E-state index contributed by atoms with van der Waals surface area (Å²) < 4.78 is 135. The minimum absolute atomic E-state index is 0.00320. The van der Waals surface area contributed by atoms with E-state index in [1.165, 1.54) is 30.0 Å². The van der Waals surface area contributed by atoms with E-state index in [0.29, 0.717) is 12.3 Å². The number of aromatic nitrogens is 2. The first-order chi connectivity index (χ1) is 24.5. The molecule has 1 spiro atoms. The fourth-order valence-corrected chi connectivity index (χ4v) is 6.99. The molecule has 3 aliphatic heterocycles. The molecule has 0 bridgehead atoms. The van der Waals surface area contributed by atoms with Crippen molar-refractivity contribution in [2.24, 2.45) is 11.3 Å². The van der Waals surface area contributed by atoms with Gasteiger partial charge in [-0.25, -0.2) is 18.2 Å². The average molecular weight is 663 g/mol. The van der Waals surface area contributed by atoms with Crippen molar-refractivity contribution in [1.82, 2.24) is 14.9 Å². The van der Waals surface area contributed by atoms with Crippen LogP contribution in [0.25, 0.3) is 11.9 Å². The number of alkyl halides is 5. The summed E-state index contributed by atoms with van der Waals surface area (Å²) >= 11 is 0. The summed E-state index contributed by atoms with van der Waals surface area (Å²) in [5.74, 6) is -4.85. The van der Waals surface area contributed by atoms with Crippen LogP contribution in [0.4, 0.5) is 37.8 Å². The van der Waals surface area contributed by atoms with Crippen LogP contribution in [-0.2, 0) is 6.18 Å². The topological polar surface area (TPSA) is 44.7 Å². The van der Waals surface area contributed by atoms with Gasteiger partial charge in [0.05, 0.1) is 38.0 Å². The zero-order valence-electron chi connectivity index (χ0n) is 30.6. The maximum absolute atomic E-state index is 16.0. The van der Waals surface area contributed by atoms with Gasteiger partial charge in [0.2, 0.25) is 0 Å². The largest absolute Gasteiger partial charge is 0.457 e. The highest BCUT2D eigenvalue weighted by Crippen LogP contribution is 2.50. The Kier molecular flexibility index (Phi) is 6.87. The Morgan fingerprint density at radius 1 is 0.979 bits per heavy atom. The Hall–Kier alpha value is -3.80. The number of rotatable bonds is 8. The number of ether oxygens (including phenoxy) is 1. The molecule has 4 fully saturated rings. The molecular weight excluding hydrogens is 620 g/mol. The van der Waals surface area contributed by atoms with E-state index in [1.807, 2.05) is 0 Å². The van der Waals surface area contributed by atoms with Crippen LogP contribution in [0.15, 0.2) is 54.7 Å². The lowest BCUT2D eigenvalue weighted by atomic mass is 9.72. The quantitative estimate of drug-likeness (QED) is 0.226. The maximum Gasteiger partial charge on any atom is 0.422 e. The number of hydrogen-bond donors (Lipinski definition) is 0. The van der Waals surface area contributed by atoms with E-state index in [2.05, 4.69) is 14.9 Å². The van der Waals surface area contributed by atoms with Crippen LogP contribution in [0, 0.1) is 11.3 Å². The molecule has 250 valence electrons. The molecule has 3 saturated heterocycles. The Labute approximate surface area is 277 Å². The van der Waals surface area contributed by atoms with Crippen LogP contribution in [0.2, 0.25) is 0 Å². The number of anilines is 2. The average Bonchev–Trinajstić information content (AvgIpc) is 3.92. The van der Waals surface area contributed by atoms with Gasteiger partial charge in [0, 0.05) is 25.2 Å². The van der Waals surface area contributed by atoms with Gasteiger partial charge in [0.1, 0.15) is 28.6 Å². The van der Waals surface area contributed by atoms with Crippen LogP contribution < -0.4 is 14.5 Å². The molecule has 1 saturated carbocycles. The second-order valence-electron chi connectivity index (χ2n) is 13.2. The zero-order valence-corrected chi connectivity index (χ0v) is 25.6. The molecule has 6 nitrogen and oxygen atoms in total. The summed E-state index contributed by atoms with van der Waals surface area (Å²) in [5.41, 5.74) is -2.47. The Balaban J connectivity index is 1.31. The third-order valence-corrected chi connectivity index (χ3v) is 9.57. The SMILES string of the molecule is [2H]c1c([2H])c([2H])c(Oc2ccc(/C=C(\F)c3cncc(N4CC(F)(F)C4)n3)c(N3CCCC4(CCN(CC5CC5)CC4)C3)c2C(F)(F)F)c([2H])c1[2H]. The van der Waals surface area contributed by atoms with Gasteiger partial charge in [-0.1, -0.05) is 18.1 Å². The highest BCUT2D eigenvalue weighted by atomic mass is 19.4. The summed E-state index contributed by atoms with van der Waals surface area (Å²) in [6, 6.07) is -1.75. The molecule has 0 amide bonds. The van der Waals surface area contributed by atoms with E-state index in [9.17, 15) is 8.78 Å². The van der Waals surface area contributed by atoms with Crippen molar-refractivity contribution in [3.63, 3.8) is 0 Å². The van der Waals surface area contributed by atoms with Crippen molar-refractivity contribution in [2.45, 2.75) is 50.6 Å². The number of piperidine rings is 2. The predicted molar refractivity (Wildman–Crippen MR) is 168 cm³/mol. The van der Waals surface area contributed by atoms with Crippen molar-refractivity contribution in [2.75, 3.05) is 55.6 Å². The molecule has 1 aliphatic carbocycles. The monoisotopic (exact) mass is 662 g/mol. The molecule has 3 aromatic rings. The Bertz CT molecular complexity index is 1860. The van der Waals surface area contributed by atoms with E-state index in [1.54, 1.807) is 4.90 Å². The van der Waals surface area contributed by atoms with Gasteiger partial charge in [0.15, 0.2) is 5.83 Å². The molecule has 47 heavy (non-hydrogen) atoms. The first kappa shape index (κ1) is 26.2. The summed E-state index contributed by atoms with van der Waals surface area (Å²) in [6.07, 6.45) is 3.46. The highest BCUT2D eigenvalue weighted by Gasteiger charge is 2.46. The molecule has 1 aromatic heterocycles. The molecule has 0 radical (unpaired) electrons. The third-order valence-electron chi connectivity index (χ3n) is 9.57. The lowest BCUT2D eigenvalue weighted by Crippen LogP contribution is -2.56. The van der Waals surface area contributed by atoms with E-state index in [0.717, 1.165) is 57.2 Å². The zero-order chi connectivity index (χ0) is 37.2. The molecular formula is C35H37F6N5O. The van der Waals surface area contributed by atoms with Gasteiger partial charge in [-0.15, -0.1) is 0 Å². The van der Waals surface area contributed by atoms with Crippen molar-refractivity contribution in [1.29, 1.82) is 0 Å². The second-order valence-corrected chi connectivity index (χ2v) is 13.2. The van der Waals surface area contributed by atoms with Crippen LogP contribution in [0.5, 0.6) is 11.5 Å². The molecule has 0 atom stereocenters. The van der Waals surface area contributed by atoms with Crippen LogP contribution in [0.1, 0.15) is 62.2 Å². The minimum Gasteiger partial charge on any atom is -0.457 e. The Morgan fingerprint density at radius 3 is 2.40 bits per heavy atom. The first-order valence-electron chi connectivity index (χ1n) is 18.3. The minimum atomic E-state index is -5.10. The molecule has 0 unspecified atom stereocenters. The first-order valence-corrected chi connectivity index (χ1v) is 15.8. The number of hydrogen-bond acceptors (Lipinski definition) is 6.